The van der Waals surface area contributed by atoms with Crippen LogP contribution in [0.15, 0.2) is 30.3 Å². The maximum absolute atomic E-state index is 3.47. The van der Waals surface area contributed by atoms with Gasteiger partial charge in [-0.2, -0.15) is 11.8 Å². The summed E-state index contributed by atoms with van der Waals surface area (Å²) in [5, 5.41) is 4.11. The second kappa shape index (κ2) is 7.20. The smallest absolute Gasteiger partial charge is 0.0435 e. The van der Waals surface area contributed by atoms with Gasteiger partial charge >= 0.3 is 0 Å². The molecular weight excluding hydrogens is 238 g/mol. The summed E-state index contributed by atoms with van der Waals surface area (Å²) in [6.07, 6.45) is 5.81. The van der Waals surface area contributed by atoms with Crippen LogP contribution in [0.2, 0.25) is 0 Å². The average Bonchev–Trinajstić information content (AvgIpc) is 2.92. The third-order valence-electron chi connectivity index (χ3n) is 4.01. The lowest BCUT2D eigenvalue weighted by Crippen LogP contribution is -2.26. The van der Waals surface area contributed by atoms with E-state index in [1.807, 2.05) is 0 Å². The molecule has 0 spiro atoms. The van der Waals surface area contributed by atoms with E-state index in [0.29, 0.717) is 11.3 Å². The van der Waals surface area contributed by atoms with Crippen LogP contribution in [-0.2, 0) is 0 Å². The molecule has 1 aromatic rings. The van der Waals surface area contributed by atoms with Crippen LogP contribution in [0.4, 0.5) is 0 Å². The summed E-state index contributed by atoms with van der Waals surface area (Å²) in [6, 6.07) is 11.3. The van der Waals surface area contributed by atoms with Crippen molar-refractivity contribution in [3.8, 4) is 0 Å². The molecule has 1 aliphatic rings. The van der Waals surface area contributed by atoms with Crippen LogP contribution in [0.3, 0.4) is 0 Å². The van der Waals surface area contributed by atoms with Crippen LogP contribution in [0.5, 0.6) is 0 Å². The normalized spacial score (nSPS) is 19.9. The largest absolute Gasteiger partial charge is 0.312 e. The molecule has 2 rings (SSSR count). The van der Waals surface area contributed by atoms with Gasteiger partial charge in [0.25, 0.3) is 0 Å². The lowest BCUT2D eigenvalue weighted by molar-refractivity contribution is 0.581. The van der Waals surface area contributed by atoms with Crippen molar-refractivity contribution in [3.05, 3.63) is 35.9 Å². The Kier molecular flexibility index (Phi) is 5.58. The summed E-state index contributed by atoms with van der Waals surface area (Å²) in [5.74, 6) is 2.32. The maximum atomic E-state index is 3.47. The average molecular weight is 263 g/mol. The first-order chi connectivity index (χ1) is 8.81. The molecule has 2 atom stereocenters. The molecule has 0 aliphatic heterocycles. The molecule has 0 bridgehead atoms. The molecular formula is C16H25NS. The zero-order chi connectivity index (χ0) is 12.8. The molecule has 1 saturated carbocycles. The molecule has 100 valence electrons. The van der Waals surface area contributed by atoms with E-state index in [2.05, 4.69) is 61.4 Å². The van der Waals surface area contributed by atoms with E-state index in [0.717, 1.165) is 5.92 Å². The van der Waals surface area contributed by atoms with E-state index in [-0.39, 0.29) is 0 Å². The van der Waals surface area contributed by atoms with E-state index in [4.69, 9.17) is 0 Å². The second-order valence-corrected chi connectivity index (χ2v) is 6.78. The van der Waals surface area contributed by atoms with E-state index >= 15 is 0 Å². The highest BCUT2D eigenvalue weighted by Gasteiger charge is 2.21. The Hall–Kier alpha value is -0.470. The van der Waals surface area contributed by atoms with Crippen LogP contribution in [0.1, 0.15) is 44.2 Å². The quantitative estimate of drug-likeness (QED) is 0.823. The van der Waals surface area contributed by atoms with Gasteiger partial charge in [0, 0.05) is 11.3 Å². The SMILES string of the molecule is CNC(c1ccccc1)C(C)SCC1CCCC1. The van der Waals surface area contributed by atoms with Crippen molar-refractivity contribution >= 4 is 11.8 Å². The van der Waals surface area contributed by atoms with Gasteiger partial charge in [0.15, 0.2) is 0 Å². The standard InChI is InChI=1S/C16H25NS/c1-13(18-12-14-8-6-7-9-14)16(17-2)15-10-4-3-5-11-15/h3-5,10-11,13-14,16-17H,6-9,12H2,1-2H3. The lowest BCUT2D eigenvalue weighted by atomic mass is 10.0. The molecule has 18 heavy (non-hydrogen) atoms. The highest BCUT2D eigenvalue weighted by molar-refractivity contribution is 7.99. The Morgan fingerprint density at radius 1 is 1.22 bits per heavy atom. The predicted molar refractivity (Wildman–Crippen MR) is 82.1 cm³/mol. The van der Waals surface area contributed by atoms with Crippen LogP contribution in [-0.4, -0.2) is 18.1 Å². The highest BCUT2D eigenvalue weighted by atomic mass is 32.2. The van der Waals surface area contributed by atoms with E-state index in [1.165, 1.54) is 37.0 Å². The molecule has 0 radical (unpaired) electrons. The zero-order valence-electron chi connectivity index (χ0n) is 11.6. The fourth-order valence-corrected chi connectivity index (χ4v) is 4.29. The Balaban J connectivity index is 1.87. The Morgan fingerprint density at radius 3 is 2.50 bits per heavy atom. The molecule has 2 unspecified atom stereocenters. The van der Waals surface area contributed by atoms with Crippen molar-refractivity contribution in [1.29, 1.82) is 0 Å². The monoisotopic (exact) mass is 263 g/mol. The van der Waals surface area contributed by atoms with Crippen LogP contribution >= 0.6 is 11.8 Å². The van der Waals surface area contributed by atoms with E-state index in [1.54, 1.807) is 0 Å². The summed E-state index contributed by atoms with van der Waals surface area (Å²) in [5.41, 5.74) is 1.41. The van der Waals surface area contributed by atoms with Gasteiger partial charge in [-0.3, -0.25) is 0 Å². The first kappa shape index (κ1) is 14.0. The van der Waals surface area contributed by atoms with E-state index < -0.39 is 0 Å². The molecule has 0 saturated heterocycles. The van der Waals surface area contributed by atoms with Crippen LogP contribution < -0.4 is 5.32 Å². The van der Waals surface area contributed by atoms with Crippen molar-refractivity contribution in [3.63, 3.8) is 0 Å². The number of hydrogen-bond acceptors (Lipinski definition) is 2. The van der Waals surface area contributed by atoms with Crippen molar-refractivity contribution < 1.29 is 0 Å². The lowest BCUT2D eigenvalue weighted by Gasteiger charge is -2.24. The number of benzene rings is 1. The Bertz CT molecular complexity index is 332. The second-order valence-electron chi connectivity index (χ2n) is 5.37. The molecule has 0 amide bonds. The topological polar surface area (TPSA) is 12.0 Å². The molecule has 1 fully saturated rings. The predicted octanol–water partition coefficient (Wildman–Crippen LogP) is 4.26. The van der Waals surface area contributed by atoms with Crippen molar-refractivity contribution in [2.24, 2.45) is 5.92 Å². The third-order valence-corrected chi connectivity index (χ3v) is 5.47. The number of nitrogens with one attached hydrogen (secondary N) is 1. The number of rotatable bonds is 6. The van der Waals surface area contributed by atoms with E-state index in [9.17, 15) is 0 Å². The van der Waals surface area contributed by atoms with Gasteiger partial charge in [-0.05, 0) is 37.1 Å². The molecule has 0 aromatic heterocycles. The summed E-state index contributed by atoms with van der Waals surface area (Å²) in [6.45, 7) is 2.35. The Morgan fingerprint density at radius 2 is 1.89 bits per heavy atom. The third kappa shape index (κ3) is 3.76. The fourth-order valence-electron chi connectivity index (χ4n) is 2.89. The van der Waals surface area contributed by atoms with Crippen molar-refractivity contribution in [1.82, 2.24) is 5.32 Å². The van der Waals surface area contributed by atoms with Gasteiger partial charge in [-0.15, -0.1) is 0 Å². The number of thioether (sulfide) groups is 1. The van der Waals surface area contributed by atoms with Crippen LogP contribution in [0, 0.1) is 5.92 Å². The van der Waals surface area contributed by atoms with Gasteiger partial charge in [0.05, 0.1) is 0 Å². The minimum atomic E-state index is 0.470. The molecule has 2 heteroatoms. The van der Waals surface area contributed by atoms with Crippen molar-refractivity contribution in [2.75, 3.05) is 12.8 Å². The van der Waals surface area contributed by atoms with Gasteiger partial charge in [-0.1, -0.05) is 50.1 Å². The van der Waals surface area contributed by atoms with Gasteiger partial charge < -0.3 is 5.32 Å². The van der Waals surface area contributed by atoms with Gasteiger partial charge in [-0.25, -0.2) is 0 Å². The highest BCUT2D eigenvalue weighted by Crippen LogP contribution is 2.32. The van der Waals surface area contributed by atoms with Crippen LogP contribution in [0.25, 0.3) is 0 Å². The summed E-state index contributed by atoms with van der Waals surface area (Å²) in [4.78, 5) is 0. The number of hydrogen-bond donors (Lipinski definition) is 1. The molecule has 1 aliphatic carbocycles. The van der Waals surface area contributed by atoms with Gasteiger partial charge in [0.1, 0.15) is 0 Å². The summed E-state index contributed by atoms with van der Waals surface area (Å²) in [7, 11) is 2.07. The molecule has 1 aromatic carbocycles. The molecule has 1 N–H and O–H groups in total. The molecule has 0 heterocycles. The zero-order valence-corrected chi connectivity index (χ0v) is 12.4. The minimum Gasteiger partial charge on any atom is -0.312 e. The molecule has 1 nitrogen and oxygen atoms in total. The summed E-state index contributed by atoms with van der Waals surface area (Å²) >= 11 is 2.14. The first-order valence-electron chi connectivity index (χ1n) is 7.15. The fraction of sp³-hybridized carbons (Fsp3) is 0.625. The Labute approximate surface area is 116 Å². The maximum Gasteiger partial charge on any atom is 0.0435 e. The van der Waals surface area contributed by atoms with Crippen molar-refractivity contribution in [2.45, 2.75) is 43.9 Å². The minimum absolute atomic E-state index is 0.470. The van der Waals surface area contributed by atoms with Gasteiger partial charge in [0.2, 0.25) is 0 Å². The summed E-state index contributed by atoms with van der Waals surface area (Å²) < 4.78 is 0. The first-order valence-corrected chi connectivity index (χ1v) is 8.20.